The molecule has 6 nitrogen and oxygen atoms in total. The molecule has 1 amide bonds. The molecule has 0 spiro atoms. The highest BCUT2D eigenvalue weighted by Crippen LogP contribution is 2.07. The van der Waals surface area contributed by atoms with E-state index in [0.29, 0.717) is 0 Å². The van der Waals surface area contributed by atoms with E-state index in [0.717, 1.165) is 0 Å². The zero-order valence-corrected chi connectivity index (χ0v) is 9.98. The molecule has 3 N–H and O–H groups in total. The van der Waals surface area contributed by atoms with Gasteiger partial charge in [0.25, 0.3) is 0 Å². The van der Waals surface area contributed by atoms with Crippen molar-refractivity contribution in [1.82, 2.24) is 5.32 Å². The van der Waals surface area contributed by atoms with Crippen molar-refractivity contribution in [3.63, 3.8) is 0 Å². The Morgan fingerprint density at radius 1 is 1.38 bits per heavy atom. The largest absolute Gasteiger partial charge is 0.444 e. The number of carbonyl (C=O) groups is 2. The summed E-state index contributed by atoms with van der Waals surface area (Å²) in [5.74, 6) is -0.666. The predicted molar refractivity (Wildman–Crippen MR) is 56.9 cm³/mol. The summed E-state index contributed by atoms with van der Waals surface area (Å²) in [6, 6.07) is -1.15. The Bertz CT molecular complexity index is 256. The standard InChI is InChI=1S/C10H19NO5/c1-6(13)8(7(14)5-12)11-9(15)16-10(2,3)4/h6,8,12-13H,5H2,1-4H3,(H,11,15)/t6-,8+/m1/s1. The fourth-order valence-corrected chi connectivity index (χ4v) is 1.00. The third-order valence-corrected chi connectivity index (χ3v) is 1.66. The van der Waals surface area contributed by atoms with E-state index < -0.39 is 36.2 Å². The lowest BCUT2D eigenvalue weighted by Crippen LogP contribution is -2.50. The number of amides is 1. The van der Waals surface area contributed by atoms with Crippen LogP contribution in [0.5, 0.6) is 0 Å². The van der Waals surface area contributed by atoms with Crippen molar-refractivity contribution in [2.24, 2.45) is 0 Å². The molecule has 0 bridgehead atoms. The van der Waals surface area contributed by atoms with E-state index in [-0.39, 0.29) is 0 Å². The molecule has 94 valence electrons. The molecule has 0 saturated carbocycles. The van der Waals surface area contributed by atoms with Gasteiger partial charge in [0, 0.05) is 0 Å². The summed E-state index contributed by atoms with van der Waals surface area (Å²) in [6.07, 6.45) is -1.90. The molecule has 2 atom stereocenters. The SMILES string of the molecule is C[C@@H](O)[C@H](NC(=O)OC(C)(C)C)C(=O)CO. The molecule has 0 heterocycles. The van der Waals surface area contributed by atoms with Crippen molar-refractivity contribution >= 4 is 11.9 Å². The summed E-state index contributed by atoms with van der Waals surface area (Å²) in [5.41, 5.74) is -0.685. The lowest BCUT2D eigenvalue weighted by molar-refractivity contribution is -0.126. The number of aliphatic hydroxyl groups is 2. The second-order valence-electron chi connectivity index (χ2n) is 4.49. The Kier molecular flexibility index (Phi) is 5.40. The van der Waals surface area contributed by atoms with Crippen molar-refractivity contribution in [1.29, 1.82) is 0 Å². The molecule has 0 saturated heterocycles. The number of nitrogens with one attached hydrogen (secondary N) is 1. The van der Waals surface area contributed by atoms with Gasteiger partial charge in [-0.1, -0.05) is 0 Å². The number of hydrogen-bond acceptors (Lipinski definition) is 5. The Balaban J connectivity index is 4.42. The fraction of sp³-hybridized carbons (Fsp3) is 0.800. The molecule has 0 rings (SSSR count). The summed E-state index contributed by atoms with van der Waals surface area (Å²) in [5, 5.41) is 20.1. The van der Waals surface area contributed by atoms with Crippen LogP contribution in [-0.4, -0.2) is 46.4 Å². The minimum atomic E-state index is -1.15. The Morgan fingerprint density at radius 3 is 2.19 bits per heavy atom. The number of aliphatic hydroxyl groups excluding tert-OH is 2. The first-order valence-corrected chi connectivity index (χ1v) is 4.98. The highest BCUT2D eigenvalue weighted by molar-refractivity contribution is 5.88. The van der Waals surface area contributed by atoms with Crippen molar-refractivity contribution < 1.29 is 24.5 Å². The highest BCUT2D eigenvalue weighted by atomic mass is 16.6. The van der Waals surface area contributed by atoms with E-state index in [9.17, 15) is 14.7 Å². The van der Waals surface area contributed by atoms with E-state index in [2.05, 4.69) is 5.32 Å². The average molecular weight is 233 g/mol. The first-order chi connectivity index (χ1) is 7.17. The van der Waals surface area contributed by atoms with Gasteiger partial charge in [-0.2, -0.15) is 0 Å². The molecule has 0 aromatic rings. The first-order valence-electron chi connectivity index (χ1n) is 4.98. The molecule has 0 unspecified atom stereocenters. The smallest absolute Gasteiger partial charge is 0.408 e. The monoisotopic (exact) mass is 233 g/mol. The number of ether oxygens (including phenoxy) is 1. The number of Topliss-reactive ketones (excluding diaryl/α,β-unsaturated/α-hetero) is 1. The van der Waals surface area contributed by atoms with Crippen LogP contribution in [0.2, 0.25) is 0 Å². The third kappa shape index (κ3) is 5.67. The Morgan fingerprint density at radius 2 is 1.88 bits per heavy atom. The molecule has 0 radical (unpaired) electrons. The highest BCUT2D eigenvalue weighted by Gasteiger charge is 2.27. The summed E-state index contributed by atoms with van der Waals surface area (Å²) >= 11 is 0. The van der Waals surface area contributed by atoms with Gasteiger partial charge in [0.2, 0.25) is 0 Å². The molecule has 16 heavy (non-hydrogen) atoms. The van der Waals surface area contributed by atoms with Crippen molar-refractivity contribution in [2.75, 3.05) is 6.61 Å². The molecule has 0 aliphatic heterocycles. The van der Waals surface area contributed by atoms with E-state index in [1.165, 1.54) is 6.92 Å². The topological polar surface area (TPSA) is 95.9 Å². The van der Waals surface area contributed by atoms with E-state index >= 15 is 0 Å². The Hall–Kier alpha value is -1.14. The average Bonchev–Trinajstić information content (AvgIpc) is 2.09. The predicted octanol–water partition coefficient (Wildman–Crippen LogP) is -0.178. The first kappa shape index (κ1) is 14.9. The molecule has 6 heteroatoms. The van der Waals surface area contributed by atoms with Crippen LogP contribution in [0.15, 0.2) is 0 Å². The van der Waals surface area contributed by atoms with Crippen molar-refractivity contribution in [2.45, 2.75) is 45.4 Å². The van der Waals surface area contributed by atoms with Crippen LogP contribution in [0, 0.1) is 0 Å². The Labute approximate surface area is 94.6 Å². The van der Waals surface area contributed by atoms with Crippen LogP contribution in [0.4, 0.5) is 4.79 Å². The second-order valence-corrected chi connectivity index (χ2v) is 4.49. The van der Waals surface area contributed by atoms with E-state index in [1.54, 1.807) is 20.8 Å². The zero-order chi connectivity index (χ0) is 12.9. The van der Waals surface area contributed by atoms with Crippen LogP contribution < -0.4 is 5.32 Å². The van der Waals surface area contributed by atoms with E-state index in [4.69, 9.17) is 9.84 Å². The quantitative estimate of drug-likeness (QED) is 0.626. The normalized spacial score (nSPS) is 15.1. The minimum Gasteiger partial charge on any atom is -0.444 e. The summed E-state index contributed by atoms with van der Waals surface area (Å²) in [4.78, 5) is 22.5. The number of carbonyl (C=O) groups excluding carboxylic acids is 2. The maximum absolute atomic E-state index is 11.3. The van der Waals surface area contributed by atoms with Crippen LogP contribution in [0.1, 0.15) is 27.7 Å². The molecule has 0 aromatic carbocycles. The van der Waals surface area contributed by atoms with E-state index in [1.807, 2.05) is 0 Å². The number of rotatable bonds is 4. The summed E-state index contributed by atoms with van der Waals surface area (Å²) in [6.45, 7) is 5.63. The fourth-order valence-electron chi connectivity index (χ4n) is 1.00. The second kappa shape index (κ2) is 5.81. The number of ketones is 1. The van der Waals surface area contributed by atoms with Crippen molar-refractivity contribution in [3.8, 4) is 0 Å². The summed E-state index contributed by atoms with van der Waals surface area (Å²) < 4.78 is 4.92. The summed E-state index contributed by atoms with van der Waals surface area (Å²) in [7, 11) is 0. The molecule has 0 aliphatic carbocycles. The van der Waals surface area contributed by atoms with Gasteiger partial charge in [0.05, 0.1) is 6.10 Å². The van der Waals surface area contributed by atoms with Crippen molar-refractivity contribution in [3.05, 3.63) is 0 Å². The van der Waals surface area contributed by atoms with Gasteiger partial charge < -0.3 is 20.3 Å². The lowest BCUT2D eigenvalue weighted by Gasteiger charge is -2.24. The zero-order valence-electron chi connectivity index (χ0n) is 9.98. The molecule has 0 aliphatic rings. The van der Waals surface area contributed by atoms with Gasteiger partial charge in [-0.25, -0.2) is 4.79 Å². The third-order valence-electron chi connectivity index (χ3n) is 1.66. The molecular weight excluding hydrogens is 214 g/mol. The van der Waals surface area contributed by atoms with Gasteiger partial charge in [0.15, 0.2) is 5.78 Å². The lowest BCUT2D eigenvalue weighted by atomic mass is 10.1. The van der Waals surface area contributed by atoms with Crippen LogP contribution in [-0.2, 0) is 9.53 Å². The maximum Gasteiger partial charge on any atom is 0.408 e. The van der Waals surface area contributed by atoms with Crippen LogP contribution in [0.25, 0.3) is 0 Å². The molecule has 0 aromatic heterocycles. The van der Waals surface area contributed by atoms with Crippen LogP contribution >= 0.6 is 0 Å². The molecular formula is C10H19NO5. The molecule has 0 fully saturated rings. The maximum atomic E-state index is 11.3. The van der Waals surface area contributed by atoms with Gasteiger partial charge in [-0.05, 0) is 27.7 Å². The number of alkyl carbamates (subject to hydrolysis) is 1. The van der Waals surface area contributed by atoms with Gasteiger partial charge >= 0.3 is 6.09 Å². The van der Waals surface area contributed by atoms with Gasteiger partial charge in [-0.15, -0.1) is 0 Å². The van der Waals surface area contributed by atoms with Crippen LogP contribution in [0.3, 0.4) is 0 Å². The minimum absolute atomic E-state index is 0.666. The number of hydrogen-bond donors (Lipinski definition) is 3. The van der Waals surface area contributed by atoms with Gasteiger partial charge in [-0.3, -0.25) is 4.79 Å². The van der Waals surface area contributed by atoms with Gasteiger partial charge in [0.1, 0.15) is 18.2 Å².